The molecule has 0 amide bonds. The largest absolute Gasteiger partial charge is 0.320 e. The van der Waals surface area contributed by atoms with E-state index in [1.54, 1.807) is 10.7 Å². The third-order valence-electron chi connectivity index (χ3n) is 3.20. The number of para-hydroxylation sites is 1. The van der Waals surface area contributed by atoms with Gasteiger partial charge in [-0.15, -0.1) is 11.6 Å². The Morgan fingerprint density at radius 2 is 2.15 bits per heavy atom. The van der Waals surface area contributed by atoms with Gasteiger partial charge in [0.15, 0.2) is 5.82 Å². The molecule has 2 heterocycles. The molecule has 0 saturated carbocycles. The molecule has 0 saturated heterocycles. The molecule has 0 radical (unpaired) electrons. The predicted octanol–water partition coefficient (Wildman–Crippen LogP) is 3.26. The molecule has 1 unspecified atom stereocenters. The van der Waals surface area contributed by atoms with Gasteiger partial charge in [0.2, 0.25) is 0 Å². The van der Waals surface area contributed by atoms with E-state index in [1.807, 2.05) is 36.9 Å². The highest BCUT2D eigenvalue weighted by Crippen LogP contribution is 2.26. The number of imidazole rings is 1. The van der Waals surface area contributed by atoms with Crippen LogP contribution in [0.3, 0.4) is 0 Å². The summed E-state index contributed by atoms with van der Waals surface area (Å²) in [5.74, 6) is 0.318. The first-order valence-electron chi connectivity index (χ1n) is 6.33. The van der Waals surface area contributed by atoms with Gasteiger partial charge in [-0.1, -0.05) is 6.07 Å². The van der Waals surface area contributed by atoms with Gasteiger partial charge >= 0.3 is 0 Å². The number of fused-ring (bicyclic) bond motifs is 1. The van der Waals surface area contributed by atoms with Crippen LogP contribution in [-0.2, 0) is 13.6 Å². The molecule has 6 heteroatoms. The molecule has 20 heavy (non-hydrogen) atoms. The van der Waals surface area contributed by atoms with Crippen LogP contribution in [0.4, 0.5) is 4.39 Å². The minimum absolute atomic E-state index is 0.300. The molecule has 0 aliphatic rings. The van der Waals surface area contributed by atoms with Gasteiger partial charge in [-0.2, -0.15) is 5.10 Å². The second-order valence-electron chi connectivity index (χ2n) is 4.76. The smallest absolute Gasteiger partial charge is 0.151 e. The quantitative estimate of drug-likeness (QED) is 0.695. The van der Waals surface area contributed by atoms with Crippen molar-refractivity contribution in [1.29, 1.82) is 0 Å². The lowest BCUT2D eigenvalue weighted by Gasteiger charge is -2.08. The van der Waals surface area contributed by atoms with E-state index in [4.69, 9.17) is 11.6 Å². The minimum atomic E-state index is -0.333. The fraction of sp³-hybridized carbons (Fsp3) is 0.286. The van der Waals surface area contributed by atoms with Crippen LogP contribution in [0.15, 0.2) is 30.5 Å². The average molecular weight is 293 g/mol. The summed E-state index contributed by atoms with van der Waals surface area (Å²) in [6.45, 7) is 2.35. The van der Waals surface area contributed by atoms with Crippen molar-refractivity contribution >= 4 is 22.6 Å². The Labute approximate surface area is 120 Å². The molecular weight excluding hydrogens is 279 g/mol. The summed E-state index contributed by atoms with van der Waals surface area (Å²) in [5.41, 5.74) is 1.97. The third kappa shape index (κ3) is 2.18. The molecule has 1 aromatic carbocycles. The normalized spacial score (nSPS) is 13.0. The van der Waals surface area contributed by atoms with E-state index in [-0.39, 0.29) is 11.2 Å². The first kappa shape index (κ1) is 13.1. The van der Waals surface area contributed by atoms with Gasteiger partial charge in [0.05, 0.1) is 23.1 Å². The van der Waals surface area contributed by atoms with Crippen molar-refractivity contribution in [3.05, 3.63) is 47.8 Å². The zero-order valence-electron chi connectivity index (χ0n) is 11.2. The van der Waals surface area contributed by atoms with Crippen molar-refractivity contribution in [1.82, 2.24) is 19.3 Å². The number of rotatable bonds is 3. The van der Waals surface area contributed by atoms with Crippen molar-refractivity contribution in [3.8, 4) is 0 Å². The number of aryl methyl sites for hydroxylation is 1. The minimum Gasteiger partial charge on any atom is -0.320 e. The van der Waals surface area contributed by atoms with Gasteiger partial charge in [-0.25, -0.2) is 9.37 Å². The molecule has 2 aromatic heterocycles. The maximum atomic E-state index is 13.8. The molecule has 0 aliphatic heterocycles. The highest BCUT2D eigenvalue weighted by molar-refractivity contribution is 6.20. The lowest BCUT2D eigenvalue weighted by molar-refractivity contribution is 0.637. The monoisotopic (exact) mass is 292 g/mol. The van der Waals surface area contributed by atoms with E-state index in [1.165, 1.54) is 6.07 Å². The molecule has 4 nitrogen and oxygen atoms in total. The Morgan fingerprint density at radius 3 is 2.80 bits per heavy atom. The molecule has 3 aromatic rings. The maximum absolute atomic E-state index is 13.8. The zero-order valence-corrected chi connectivity index (χ0v) is 12.0. The van der Waals surface area contributed by atoms with Crippen molar-refractivity contribution in [2.45, 2.75) is 18.8 Å². The number of nitrogens with zero attached hydrogens (tertiary/aromatic N) is 4. The van der Waals surface area contributed by atoms with Crippen LogP contribution in [0, 0.1) is 5.82 Å². The second kappa shape index (κ2) is 4.90. The van der Waals surface area contributed by atoms with Gasteiger partial charge < -0.3 is 4.57 Å². The van der Waals surface area contributed by atoms with Gasteiger partial charge in [-0.3, -0.25) is 4.68 Å². The molecule has 3 rings (SSSR count). The Bertz CT molecular complexity index is 760. The molecule has 1 atom stereocenters. The number of benzene rings is 1. The van der Waals surface area contributed by atoms with E-state index in [2.05, 4.69) is 10.1 Å². The summed E-state index contributed by atoms with van der Waals surface area (Å²) >= 11 is 6.17. The summed E-state index contributed by atoms with van der Waals surface area (Å²) in [4.78, 5) is 4.34. The highest BCUT2D eigenvalue weighted by atomic mass is 35.5. The Hall–Kier alpha value is -1.88. The Kier molecular flexibility index (Phi) is 3.22. The summed E-state index contributed by atoms with van der Waals surface area (Å²) in [6.07, 6.45) is 1.87. The molecule has 0 bridgehead atoms. The van der Waals surface area contributed by atoms with Crippen LogP contribution in [0.5, 0.6) is 0 Å². The van der Waals surface area contributed by atoms with E-state index in [0.29, 0.717) is 17.9 Å². The van der Waals surface area contributed by atoms with Crippen molar-refractivity contribution < 1.29 is 4.39 Å². The van der Waals surface area contributed by atoms with Crippen LogP contribution < -0.4 is 0 Å². The van der Waals surface area contributed by atoms with Crippen LogP contribution in [0.2, 0.25) is 0 Å². The number of aromatic nitrogens is 4. The second-order valence-corrected chi connectivity index (χ2v) is 5.42. The summed E-state index contributed by atoms with van der Waals surface area (Å²) in [6, 6.07) is 6.85. The lowest BCUT2D eigenvalue weighted by Crippen LogP contribution is -2.06. The summed E-state index contributed by atoms with van der Waals surface area (Å²) in [7, 11) is 1.86. The van der Waals surface area contributed by atoms with Crippen LogP contribution in [-0.4, -0.2) is 19.3 Å². The number of hydrogen-bond donors (Lipinski definition) is 0. The first-order chi connectivity index (χ1) is 9.56. The molecular formula is C14H14ClFN4. The SMILES string of the molecule is CC(Cl)c1nc2c(F)cccc2n1Cc1ccn(C)n1. The van der Waals surface area contributed by atoms with Gasteiger partial charge in [0.1, 0.15) is 11.3 Å². The zero-order chi connectivity index (χ0) is 14.3. The summed E-state index contributed by atoms with van der Waals surface area (Å²) in [5, 5.41) is 4.05. The maximum Gasteiger partial charge on any atom is 0.151 e. The lowest BCUT2D eigenvalue weighted by atomic mass is 10.3. The van der Waals surface area contributed by atoms with E-state index in [0.717, 1.165) is 11.2 Å². The summed E-state index contributed by atoms with van der Waals surface area (Å²) < 4.78 is 17.5. The van der Waals surface area contributed by atoms with Gasteiger partial charge in [-0.05, 0) is 25.1 Å². The third-order valence-corrected chi connectivity index (χ3v) is 3.40. The van der Waals surface area contributed by atoms with E-state index >= 15 is 0 Å². The van der Waals surface area contributed by atoms with Gasteiger partial charge in [0.25, 0.3) is 0 Å². The van der Waals surface area contributed by atoms with Crippen LogP contribution >= 0.6 is 11.6 Å². The van der Waals surface area contributed by atoms with E-state index in [9.17, 15) is 4.39 Å². The standard InChI is InChI=1S/C14H14ClFN4/c1-9(15)14-17-13-11(16)4-3-5-12(13)20(14)8-10-6-7-19(2)18-10/h3-7,9H,8H2,1-2H3. The molecule has 0 spiro atoms. The van der Waals surface area contributed by atoms with Crippen molar-refractivity contribution in [2.75, 3.05) is 0 Å². The van der Waals surface area contributed by atoms with E-state index < -0.39 is 0 Å². The topological polar surface area (TPSA) is 35.6 Å². The van der Waals surface area contributed by atoms with Crippen molar-refractivity contribution in [2.24, 2.45) is 7.05 Å². The number of hydrogen-bond acceptors (Lipinski definition) is 2. The highest BCUT2D eigenvalue weighted by Gasteiger charge is 2.17. The van der Waals surface area contributed by atoms with Crippen LogP contribution in [0.25, 0.3) is 11.0 Å². The molecule has 104 valence electrons. The molecule has 0 fully saturated rings. The fourth-order valence-corrected chi connectivity index (χ4v) is 2.48. The Morgan fingerprint density at radius 1 is 1.35 bits per heavy atom. The fourth-order valence-electron chi connectivity index (χ4n) is 2.31. The predicted molar refractivity (Wildman–Crippen MR) is 76.3 cm³/mol. The first-order valence-corrected chi connectivity index (χ1v) is 6.77. The molecule has 0 N–H and O–H groups in total. The van der Waals surface area contributed by atoms with Crippen molar-refractivity contribution in [3.63, 3.8) is 0 Å². The van der Waals surface area contributed by atoms with Gasteiger partial charge in [0, 0.05) is 13.2 Å². The Balaban J connectivity index is 2.16. The number of alkyl halides is 1. The number of halogens is 2. The van der Waals surface area contributed by atoms with Crippen LogP contribution in [0.1, 0.15) is 23.8 Å². The molecule has 0 aliphatic carbocycles. The average Bonchev–Trinajstić information content (AvgIpc) is 2.96.